The number of hydrogen-bond acceptors (Lipinski definition) is 2. The maximum Gasteiger partial charge on any atom is 0.241 e. The summed E-state index contributed by atoms with van der Waals surface area (Å²) < 4.78 is 27.6. The van der Waals surface area contributed by atoms with Gasteiger partial charge in [0.25, 0.3) is 0 Å². The quantitative estimate of drug-likeness (QED) is 0.832. The van der Waals surface area contributed by atoms with E-state index < -0.39 is 15.6 Å². The van der Waals surface area contributed by atoms with Crippen molar-refractivity contribution in [1.82, 2.24) is 9.71 Å². The molecule has 2 N–H and O–H groups in total. The molecule has 23 heavy (non-hydrogen) atoms. The van der Waals surface area contributed by atoms with Crippen LogP contribution in [-0.4, -0.2) is 18.9 Å². The first-order chi connectivity index (χ1) is 10.8. The maximum atomic E-state index is 12.5. The molecule has 2 aromatic rings. The predicted molar refractivity (Wildman–Crippen MR) is 94.1 cm³/mol. The van der Waals surface area contributed by atoms with Crippen molar-refractivity contribution in [2.75, 3.05) is 0 Å². The average Bonchev–Trinajstić information content (AvgIpc) is 2.88. The first-order valence-electron chi connectivity index (χ1n) is 8.08. The lowest BCUT2D eigenvalue weighted by atomic mass is 9.89. The third-order valence-corrected chi connectivity index (χ3v) is 5.85. The van der Waals surface area contributed by atoms with Crippen molar-refractivity contribution in [2.24, 2.45) is 0 Å². The number of benzene rings is 1. The van der Waals surface area contributed by atoms with E-state index in [9.17, 15) is 8.42 Å². The summed E-state index contributed by atoms with van der Waals surface area (Å²) in [5.41, 5.74) is 1.63. The minimum Gasteiger partial charge on any atom is -0.361 e. The second-order valence-corrected chi connectivity index (χ2v) is 8.95. The van der Waals surface area contributed by atoms with Gasteiger partial charge in [-0.05, 0) is 57.7 Å². The molecule has 5 heteroatoms. The molecule has 0 spiro atoms. The number of aromatic nitrogens is 1. The van der Waals surface area contributed by atoms with Gasteiger partial charge in [0.2, 0.25) is 10.0 Å². The van der Waals surface area contributed by atoms with Crippen LogP contribution in [0.25, 0.3) is 10.9 Å². The highest BCUT2D eigenvalue weighted by Gasteiger charge is 2.23. The van der Waals surface area contributed by atoms with Crippen LogP contribution in [-0.2, 0) is 10.0 Å². The number of nitrogens with one attached hydrogen (secondary N) is 2. The van der Waals surface area contributed by atoms with E-state index in [1.165, 1.54) is 12.0 Å². The van der Waals surface area contributed by atoms with E-state index in [0.29, 0.717) is 10.8 Å². The SMILES string of the molecule is CC(C)(C)NS(=O)(=O)c1ccc2c(C3C=CCCC3)c[nH]c2c1. The van der Waals surface area contributed by atoms with Crippen molar-refractivity contribution in [3.8, 4) is 0 Å². The second kappa shape index (κ2) is 5.80. The summed E-state index contributed by atoms with van der Waals surface area (Å²) in [5.74, 6) is 0.424. The summed E-state index contributed by atoms with van der Waals surface area (Å²) in [6.45, 7) is 5.52. The molecule has 1 aromatic carbocycles. The minimum atomic E-state index is -3.51. The number of rotatable bonds is 3. The zero-order valence-electron chi connectivity index (χ0n) is 13.9. The van der Waals surface area contributed by atoms with Crippen LogP contribution in [0.2, 0.25) is 0 Å². The van der Waals surface area contributed by atoms with Gasteiger partial charge >= 0.3 is 0 Å². The Bertz CT molecular complexity index is 842. The van der Waals surface area contributed by atoms with Gasteiger partial charge in [-0.1, -0.05) is 18.2 Å². The van der Waals surface area contributed by atoms with Gasteiger partial charge in [0.1, 0.15) is 0 Å². The highest BCUT2D eigenvalue weighted by Crippen LogP contribution is 2.33. The summed E-state index contributed by atoms with van der Waals surface area (Å²) in [7, 11) is -3.51. The summed E-state index contributed by atoms with van der Waals surface area (Å²) in [6.07, 6.45) is 10.0. The van der Waals surface area contributed by atoms with Gasteiger partial charge in [-0.3, -0.25) is 0 Å². The van der Waals surface area contributed by atoms with Gasteiger partial charge in [0, 0.05) is 28.6 Å². The number of aromatic amines is 1. The van der Waals surface area contributed by atoms with E-state index >= 15 is 0 Å². The normalized spacial score (nSPS) is 19.3. The van der Waals surface area contributed by atoms with Crippen LogP contribution in [0.5, 0.6) is 0 Å². The molecule has 1 atom stereocenters. The molecule has 1 aromatic heterocycles. The lowest BCUT2D eigenvalue weighted by Crippen LogP contribution is -2.40. The summed E-state index contributed by atoms with van der Waals surface area (Å²) >= 11 is 0. The molecule has 124 valence electrons. The van der Waals surface area contributed by atoms with Crippen molar-refractivity contribution >= 4 is 20.9 Å². The molecule has 4 nitrogen and oxygen atoms in total. The molecule has 0 aliphatic heterocycles. The van der Waals surface area contributed by atoms with E-state index in [1.807, 2.05) is 33.0 Å². The average molecular weight is 332 g/mol. The van der Waals surface area contributed by atoms with Gasteiger partial charge in [-0.2, -0.15) is 0 Å². The molecule has 1 unspecified atom stereocenters. The van der Waals surface area contributed by atoms with Gasteiger partial charge < -0.3 is 4.98 Å². The van der Waals surface area contributed by atoms with Gasteiger partial charge in [0.15, 0.2) is 0 Å². The van der Waals surface area contributed by atoms with E-state index in [1.54, 1.807) is 12.1 Å². The minimum absolute atomic E-state index is 0.299. The lowest BCUT2D eigenvalue weighted by molar-refractivity contribution is 0.491. The van der Waals surface area contributed by atoms with Gasteiger partial charge in [-0.15, -0.1) is 0 Å². The zero-order chi connectivity index (χ0) is 16.7. The standard InChI is InChI=1S/C18H24N2O2S/c1-18(2,3)20-23(21,22)14-9-10-15-16(12-19-17(15)11-14)13-7-5-4-6-8-13/h5,7,9-13,19-20H,4,6,8H2,1-3H3. The van der Waals surface area contributed by atoms with Crippen molar-refractivity contribution in [1.29, 1.82) is 0 Å². The Labute approximate surface area is 138 Å². The maximum absolute atomic E-state index is 12.5. The predicted octanol–water partition coefficient (Wildman–Crippen LogP) is 4.07. The number of H-pyrrole nitrogens is 1. The monoisotopic (exact) mass is 332 g/mol. The van der Waals surface area contributed by atoms with Crippen LogP contribution in [0.3, 0.4) is 0 Å². The molecule has 0 bridgehead atoms. The van der Waals surface area contributed by atoms with Crippen LogP contribution in [0.15, 0.2) is 41.4 Å². The van der Waals surface area contributed by atoms with Crippen molar-refractivity contribution in [2.45, 2.75) is 56.4 Å². The Morgan fingerprint density at radius 3 is 2.70 bits per heavy atom. The fraction of sp³-hybridized carbons (Fsp3) is 0.444. The molecule has 0 saturated carbocycles. The van der Waals surface area contributed by atoms with Crippen LogP contribution < -0.4 is 4.72 Å². The van der Waals surface area contributed by atoms with E-state index in [0.717, 1.165) is 23.7 Å². The van der Waals surface area contributed by atoms with E-state index in [4.69, 9.17) is 0 Å². The summed E-state index contributed by atoms with van der Waals surface area (Å²) in [5, 5.41) is 1.11. The van der Waals surface area contributed by atoms with Gasteiger partial charge in [0.05, 0.1) is 4.90 Å². The van der Waals surface area contributed by atoms with Crippen LogP contribution in [0.1, 0.15) is 51.5 Å². The number of fused-ring (bicyclic) bond motifs is 1. The van der Waals surface area contributed by atoms with Gasteiger partial charge in [-0.25, -0.2) is 13.1 Å². The van der Waals surface area contributed by atoms with Crippen LogP contribution >= 0.6 is 0 Å². The number of sulfonamides is 1. The van der Waals surface area contributed by atoms with Crippen LogP contribution in [0, 0.1) is 0 Å². The number of allylic oxidation sites excluding steroid dienone is 2. The molecule has 0 amide bonds. The molecule has 1 heterocycles. The molecule has 0 radical (unpaired) electrons. The van der Waals surface area contributed by atoms with E-state index in [-0.39, 0.29) is 0 Å². The molecular weight excluding hydrogens is 308 g/mol. The highest BCUT2D eigenvalue weighted by molar-refractivity contribution is 7.89. The Kier molecular flexibility index (Phi) is 4.10. The Morgan fingerprint density at radius 1 is 1.26 bits per heavy atom. The molecule has 3 rings (SSSR count). The lowest BCUT2D eigenvalue weighted by Gasteiger charge is -2.20. The number of hydrogen-bond donors (Lipinski definition) is 2. The fourth-order valence-electron chi connectivity index (χ4n) is 3.14. The first-order valence-corrected chi connectivity index (χ1v) is 9.56. The third kappa shape index (κ3) is 3.51. The third-order valence-electron chi connectivity index (χ3n) is 4.09. The van der Waals surface area contributed by atoms with E-state index in [2.05, 4.69) is 21.9 Å². The first kappa shape index (κ1) is 16.3. The molecular formula is C18H24N2O2S. The topological polar surface area (TPSA) is 62.0 Å². The highest BCUT2D eigenvalue weighted by atomic mass is 32.2. The molecule has 1 aliphatic rings. The smallest absolute Gasteiger partial charge is 0.241 e. The molecule has 0 saturated heterocycles. The summed E-state index contributed by atoms with van der Waals surface area (Å²) in [6, 6.07) is 5.33. The molecule has 0 fully saturated rings. The summed E-state index contributed by atoms with van der Waals surface area (Å²) in [4.78, 5) is 3.53. The largest absolute Gasteiger partial charge is 0.361 e. The Morgan fingerprint density at radius 2 is 2.04 bits per heavy atom. The van der Waals surface area contributed by atoms with Crippen molar-refractivity contribution in [3.05, 3.63) is 42.1 Å². The molecule has 1 aliphatic carbocycles. The van der Waals surface area contributed by atoms with Crippen molar-refractivity contribution in [3.63, 3.8) is 0 Å². The Balaban J connectivity index is 1.98. The zero-order valence-corrected chi connectivity index (χ0v) is 14.7. The fourth-order valence-corrected chi connectivity index (χ4v) is 4.58. The second-order valence-electron chi connectivity index (χ2n) is 7.27. The van der Waals surface area contributed by atoms with Crippen LogP contribution in [0.4, 0.5) is 0 Å². The van der Waals surface area contributed by atoms with Crippen molar-refractivity contribution < 1.29 is 8.42 Å². The Hall–Kier alpha value is -1.59.